The molecule has 0 spiro atoms. The third-order valence-corrected chi connectivity index (χ3v) is 7.26. The van der Waals surface area contributed by atoms with E-state index in [4.69, 9.17) is 4.74 Å². The summed E-state index contributed by atoms with van der Waals surface area (Å²) in [6.07, 6.45) is 1.80. The zero-order chi connectivity index (χ0) is 30.7. The minimum atomic E-state index is -1.69. The van der Waals surface area contributed by atoms with Crippen molar-refractivity contribution < 1.29 is 29.3 Å². The van der Waals surface area contributed by atoms with Gasteiger partial charge in [0.2, 0.25) is 11.8 Å². The van der Waals surface area contributed by atoms with Gasteiger partial charge in [0.1, 0.15) is 17.9 Å². The summed E-state index contributed by atoms with van der Waals surface area (Å²) in [5.41, 5.74) is -0.267. The van der Waals surface area contributed by atoms with Gasteiger partial charge in [-0.1, -0.05) is 75.7 Å². The SMILES string of the molecule is C=CC(C)C(OC(=O)C(NC(=O)C(Cc1ccc(O)cc1)NC(=O)C(NC)C(C)CC)C(C)(C)O)c1ccccc1. The summed E-state index contributed by atoms with van der Waals surface area (Å²) >= 11 is 0. The molecule has 0 saturated heterocycles. The van der Waals surface area contributed by atoms with E-state index in [-0.39, 0.29) is 29.9 Å². The molecule has 2 aromatic carbocycles. The van der Waals surface area contributed by atoms with Crippen LogP contribution in [0.25, 0.3) is 0 Å². The Morgan fingerprint density at radius 3 is 2.12 bits per heavy atom. The first kappa shape index (κ1) is 33.5. The van der Waals surface area contributed by atoms with Crippen LogP contribution in [0.5, 0.6) is 5.75 Å². The molecule has 0 fully saturated rings. The Labute approximate surface area is 243 Å². The number of benzene rings is 2. The van der Waals surface area contributed by atoms with Gasteiger partial charge in [-0.2, -0.15) is 0 Å². The lowest BCUT2D eigenvalue weighted by Gasteiger charge is -2.33. The van der Waals surface area contributed by atoms with Crippen LogP contribution in [0.3, 0.4) is 0 Å². The van der Waals surface area contributed by atoms with Crippen LogP contribution in [0.4, 0.5) is 0 Å². The average Bonchev–Trinajstić information content (AvgIpc) is 2.94. The number of phenols is 1. The number of ether oxygens (including phenoxy) is 1. The van der Waals surface area contributed by atoms with Gasteiger partial charge in [-0.05, 0) is 50.1 Å². The third kappa shape index (κ3) is 9.72. The summed E-state index contributed by atoms with van der Waals surface area (Å²) in [4.78, 5) is 40.4. The van der Waals surface area contributed by atoms with Crippen molar-refractivity contribution in [1.29, 1.82) is 0 Å². The highest BCUT2D eigenvalue weighted by molar-refractivity contribution is 5.92. The summed E-state index contributed by atoms with van der Waals surface area (Å²) in [5.74, 6) is -2.04. The average molecular weight is 568 g/mol. The number of carbonyl (C=O) groups is 3. The quantitative estimate of drug-likeness (QED) is 0.164. The number of esters is 1. The fourth-order valence-electron chi connectivity index (χ4n) is 4.45. The fourth-order valence-corrected chi connectivity index (χ4v) is 4.45. The molecule has 41 heavy (non-hydrogen) atoms. The molecule has 224 valence electrons. The molecule has 0 heterocycles. The largest absolute Gasteiger partial charge is 0.508 e. The van der Waals surface area contributed by atoms with Gasteiger partial charge in [-0.3, -0.25) is 9.59 Å². The summed E-state index contributed by atoms with van der Waals surface area (Å²) in [5, 5.41) is 29.1. The second-order valence-electron chi connectivity index (χ2n) is 11.0. The molecule has 2 rings (SSSR count). The van der Waals surface area contributed by atoms with E-state index in [0.717, 1.165) is 12.0 Å². The first-order chi connectivity index (χ1) is 19.3. The molecule has 0 aromatic heterocycles. The maximum atomic E-state index is 13.7. The molecule has 0 bridgehead atoms. The van der Waals surface area contributed by atoms with E-state index >= 15 is 0 Å². The Balaban J connectivity index is 2.36. The Morgan fingerprint density at radius 1 is 1.00 bits per heavy atom. The van der Waals surface area contributed by atoms with Crippen molar-refractivity contribution in [2.45, 2.75) is 77.3 Å². The smallest absolute Gasteiger partial charge is 0.332 e. The molecule has 0 radical (unpaired) electrons. The molecule has 6 atom stereocenters. The van der Waals surface area contributed by atoms with E-state index < -0.39 is 41.7 Å². The van der Waals surface area contributed by atoms with E-state index in [2.05, 4.69) is 22.5 Å². The van der Waals surface area contributed by atoms with Crippen LogP contribution in [0.1, 0.15) is 58.3 Å². The topological polar surface area (TPSA) is 137 Å². The van der Waals surface area contributed by atoms with Crippen LogP contribution in [-0.2, 0) is 25.5 Å². The van der Waals surface area contributed by atoms with Gasteiger partial charge in [0.25, 0.3) is 0 Å². The van der Waals surface area contributed by atoms with Crippen LogP contribution in [0.15, 0.2) is 67.3 Å². The number of rotatable bonds is 15. The first-order valence-corrected chi connectivity index (χ1v) is 14.0. The molecule has 0 aliphatic carbocycles. The lowest BCUT2D eigenvalue weighted by atomic mass is 9.95. The molecule has 2 amide bonds. The summed E-state index contributed by atoms with van der Waals surface area (Å²) in [7, 11) is 1.68. The normalized spacial score (nSPS) is 15.9. The van der Waals surface area contributed by atoms with Crippen LogP contribution < -0.4 is 16.0 Å². The fraction of sp³-hybridized carbons (Fsp3) is 0.469. The molecular weight excluding hydrogens is 522 g/mol. The monoisotopic (exact) mass is 567 g/mol. The highest BCUT2D eigenvalue weighted by Crippen LogP contribution is 2.28. The molecule has 0 aliphatic rings. The number of carbonyl (C=O) groups excluding carboxylic acids is 3. The van der Waals surface area contributed by atoms with Gasteiger partial charge in [0.15, 0.2) is 6.04 Å². The number of hydrogen-bond donors (Lipinski definition) is 5. The molecule has 2 aromatic rings. The zero-order valence-corrected chi connectivity index (χ0v) is 24.9. The second-order valence-corrected chi connectivity index (χ2v) is 11.0. The number of aliphatic hydroxyl groups is 1. The summed E-state index contributed by atoms with van der Waals surface area (Å²) in [6, 6.07) is 12.4. The van der Waals surface area contributed by atoms with Crippen molar-refractivity contribution in [3.63, 3.8) is 0 Å². The number of hydrogen-bond acceptors (Lipinski definition) is 7. The molecule has 9 nitrogen and oxygen atoms in total. The van der Waals surface area contributed by atoms with Crippen molar-refractivity contribution in [1.82, 2.24) is 16.0 Å². The molecular formula is C32H45N3O6. The van der Waals surface area contributed by atoms with E-state index in [0.29, 0.717) is 5.56 Å². The predicted octanol–water partition coefficient (Wildman–Crippen LogP) is 3.42. The number of likely N-dealkylation sites (N-methyl/N-ethyl adjacent to an activating group) is 1. The van der Waals surface area contributed by atoms with E-state index in [1.165, 1.54) is 26.0 Å². The van der Waals surface area contributed by atoms with Crippen LogP contribution in [0.2, 0.25) is 0 Å². The lowest BCUT2D eigenvalue weighted by Crippen LogP contribution is -2.60. The zero-order valence-electron chi connectivity index (χ0n) is 24.9. The Kier molecular flexibility index (Phi) is 12.5. The van der Waals surface area contributed by atoms with Crippen molar-refractivity contribution in [3.05, 3.63) is 78.4 Å². The van der Waals surface area contributed by atoms with Crippen LogP contribution >= 0.6 is 0 Å². The Hall–Kier alpha value is -3.69. The molecule has 0 aliphatic heterocycles. The summed E-state index contributed by atoms with van der Waals surface area (Å²) in [6.45, 7) is 12.4. The Bertz CT molecular complexity index is 1150. The first-order valence-electron chi connectivity index (χ1n) is 14.0. The van der Waals surface area contributed by atoms with E-state index in [1.54, 1.807) is 25.3 Å². The second kappa shape index (κ2) is 15.3. The minimum absolute atomic E-state index is 0.00162. The maximum Gasteiger partial charge on any atom is 0.332 e. The maximum absolute atomic E-state index is 13.7. The van der Waals surface area contributed by atoms with Crippen LogP contribution in [0, 0.1) is 11.8 Å². The molecule has 5 N–H and O–H groups in total. The van der Waals surface area contributed by atoms with Gasteiger partial charge in [-0.15, -0.1) is 6.58 Å². The lowest BCUT2D eigenvalue weighted by molar-refractivity contribution is -0.162. The molecule has 6 unspecified atom stereocenters. The van der Waals surface area contributed by atoms with Gasteiger partial charge in [0, 0.05) is 12.3 Å². The predicted molar refractivity (Wildman–Crippen MR) is 159 cm³/mol. The molecule has 9 heteroatoms. The van der Waals surface area contributed by atoms with Crippen molar-refractivity contribution in [3.8, 4) is 5.75 Å². The van der Waals surface area contributed by atoms with Crippen LogP contribution in [-0.4, -0.2) is 58.8 Å². The molecule has 0 saturated carbocycles. The Morgan fingerprint density at radius 2 is 1.61 bits per heavy atom. The van der Waals surface area contributed by atoms with Crippen molar-refractivity contribution in [2.75, 3.05) is 7.05 Å². The standard InChI is InChI=1S/C32H45N3O6/c1-8-20(3)26(33-7)30(38)34-25(19-22-15-17-24(36)18-16-22)29(37)35-28(32(5,6)40)31(39)41-27(21(4)9-2)23-13-11-10-12-14-23/h9-18,20-21,25-28,33,36,40H,2,8,19H2,1,3-7H3,(H,34,38)(H,35,37). The van der Waals surface area contributed by atoms with Gasteiger partial charge >= 0.3 is 5.97 Å². The van der Waals surface area contributed by atoms with Gasteiger partial charge < -0.3 is 30.9 Å². The summed E-state index contributed by atoms with van der Waals surface area (Å²) < 4.78 is 5.86. The number of amides is 2. The van der Waals surface area contributed by atoms with E-state index in [9.17, 15) is 24.6 Å². The van der Waals surface area contributed by atoms with Crippen molar-refractivity contribution in [2.24, 2.45) is 11.8 Å². The third-order valence-electron chi connectivity index (χ3n) is 7.26. The van der Waals surface area contributed by atoms with E-state index in [1.807, 2.05) is 51.1 Å². The highest BCUT2D eigenvalue weighted by atomic mass is 16.5. The van der Waals surface area contributed by atoms with Gasteiger partial charge in [0.05, 0.1) is 11.6 Å². The highest BCUT2D eigenvalue weighted by Gasteiger charge is 2.40. The van der Waals surface area contributed by atoms with Crippen molar-refractivity contribution >= 4 is 17.8 Å². The minimum Gasteiger partial charge on any atom is -0.508 e. The number of aromatic hydroxyl groups is 1. The number of nitrogens with one attached hydrogen (secondary N) is 3. The van der Waals surface area contributed by atoms with Gasteiger partial charge in [-0.25, -0.2) is 4.79 Å². The number of phenolic OH excluding ortho intramolecular Hbond substituents is 1.